The van der Waals surface area contributed by atoms with Crippen molar-refractivity contribution in [3.63, 3.8) is 0 Å². The molecular formula is C19H13NO2. The maximum Gasteiger partial charge on any atom is 0.201 e. The van der Waals surface area contributed by atoms with Crippen molar-refractivity contribution in [3.05, 3.63) is 76.6 Å². The normalized spacial score (nSPS) is 11.1. The van der Waals surface area contributed by atoms with Crippen LogP contribution in [0, 0.1) is 6.92 Å². The van der Waals surface area contributed by atoms with Gasteiger partial charge < -0.3 is 4.42 Å². The number of pyridine rings is 1. The van der Waals surface area contributed by atoms with Crippen LogP contribution in [0.25, 0.3) is 33.2 Å². The zero-order valence-electron chi connectivity index (χ0n) is 12.0. The van der Waals surface area contributed by atoms with Gasteiger partial charge in [0.1, 0.15) is 11.2 Å². The van der Waals surface area contributed by atoms with E-state index in [4.69, 9.17) is 4.42 Å². The Kier molecular flexibility index (Phi) is 2.79. The van der Waals surface area contributed by atoms with Gasteiger partial charge in [-0.05, 0) is 48.9 Å². The molecule has 0 N–H and O–H groups in total. The second-order valence-electron chi connectivity index (χ2n) is 5.33. The van der Waals surface area contributed by atoms with Crippen LogP contribution in [-0.4, -0.2) is 4.98 Å². The van der Waals surface area contributed by atoms with E-state index in [1.54, 1.807) is 12.3 Å². The molecule has 0 amide bonds. The summed E-state index contributed by atoms with van der Waals surface area (Å²) in [6, 6.07) is 16.9. The molecule has 0 bridgehead atoms. The number of hydrogen-bond donors (Lipinski definition) is 0. The van der Waals surface area contributed by atoms with Gasteiger partial charge in [0.15, 0.2) is 0 Å². The molecule has 106 valence electrons. The lowest BCUT2D eigenvalue weighted by atomic mass is 10.0. The molecule has 0 radical (unpaired) electrons. The summed E-state index contributed by atoms with van der Waals surface area (Å²) in [4.78, 5) is 17.3. The maximum absolute atomic E-state index is 12.9. The van der Waals surface area contributed by atoms with Gasteiger partial charge in [0.2, 0.25) is 5.43 Å². The zero-order valence-corrected chi connectivity index (χ0v) is 12.0. The van der Waals surface area contributed by atoms with E-state index >= 15 is 0 Å². The lowest BCUT2D eigenvalue weighted by molar-refractivity contribution is 0.659. The van der Waals surface area contributed by atoms with Crippen LogP contribution in [0.2, 0.25) is 0 Å². The fraction of sp³-hybridized carbons (Fsp3) is 0.0526. The van der Waals surface area contributed by atoms with Gasteiger partial charge in [0.25, 0.3) is 0 Å². The highest BCUT2D eigenvalue weighted by atomic mass is 16.3. The summed E-state index contributed by atoms with van der Waals surface area (Å²) in [7, 11) is 0. The van der Waals surface area contributed by atoms with E-state index in [9.17, 15) is 4.79 Å². The van der Waals surface area contributed by atoms with Gasteiger partial charge in [0.05, 0.1) is 16.5 Å². The van der Waals surface area contributed by atoms with Crippen molar-refractivity contribution >= 4 is 21.9 Å². The highest BCUT2D eigenvalue weighted by Gasteiger charge is 2.14. The zero-order chi connectivity index (χ0) is 15.1. The van der Waals surface area contributed by atoms with Gasteiger partial charge in [-0.2, -0.15) is 0 Å². The minimum Gasteiger partial charge on any atom is -0.456 e. The summed E-state index contributed by atoms with van der Waals surface area (Å²) in [6.07, 6.45) is 1.73. The van der Waals surface area contributed by atoms with Gasteiger partial charge in [-0.15, -0.1) is 0 Å². The Bertz CT molecular complexity index is 1050. The van der Waals surface area contributed by atoms with E-state index in [1.165, 1.54) is 0 Å². The molecule has 4 rings (SSSR count). The fourth-order valence-corrected chi connectivity index (χ4v) is 2.79. The Labute approximate surface area is 126 Å². The van der Waals surface area contributed by atoms with Crippen LogP contribution in [0.4, 0.5) is 0 Å². The summed E-state index contributed by atoms with van der Waals surface area (Å²) in [6.45, 7) is 1.99. The van der Waals surface area contributed by atoms with Crippen LogP contribution in [-0.2, 0) is 0 Å². The molecule has 0 unspecified atom stereocenters. The number of aryl methyl sites for hydroxylation is 1. The third-order valence-electron chi connectivity index (χ3n) is 3.77. The van der Waals surface area contributed by atoms with Gasteiger partial charge >= 0.3 is 0 Å². The standard InChI is InChI=1S/C19H13NO2/c1-12-10-14(15-7-4-5-9-20-15)18-17(11-12)22-16-8-3-2-6-13(16)19(18)21/h2-11H,1H3. The topological polar surface area (TPSA) is 43.1 Å². The van der Waals surface area contributed by atoms with Crippen molar-refractivity contribution < 1.29 is 4.42 Å². The number of para-hydroxylation sites is 1. The first-order valence-corrected chi connectivity index (χ1v) is 7.11. The molecule has 2 aromatic heterocycles. The number of rotatable bonds is 1. The molecule has 3 heteroatoms. The van der Waals surface area contributed by atoms with Gasteiger partial charge in [0, 0.05) is 11.8 Å². The van der Waals surface area contributed by atoms with E-state index < -0.39 is 0 Å². The van der Waals surface area contributed by atoms with Crippen molar-refractivity contribution in [3.8, 4) is 11.3 Å². The summed E-state index contributed by atoms with van der Waals surface area (Å²) in [5.41, 5.74) is 3.82. The van der Waals surface area contributed by atoms with E-state index in [-0.39, 0.29) is 5.43 Å². The van der Waals surface area contributed by atoms with Gasteiger partial charge in [-0.1, -0.05) is 18.2 Å². The molecule has 0 spiro atoms. The lowest BCUT2D eigenvalue weighted by Gasteiger charge is -2.08. The number of nitrogens with zero attached hydrogens (tertiary/aromatic N) is 1. The Hall–Kier alpha value is -2.94. The fourth-order valence-electron chi connectivity index (χ4n) is 2.79. The van der Waals surface area contributed by atoms with Gasteiger partial charge in [-0.3, -0.25) is 9.78 Å². The summed E-state index contributed by atoms with van der Waals surface area (Å²) in [5, 5.41) is 1.18. The Balaban J connectivity index is 2.22. The van der Waals surface area contributed by atoms with Crippen molar-refractivity contribution in [2.45, 2.75) is 6.92 Å². The summed E-state index contributed by atoms with van der Waals surface area (Å²) >= 11 is 0. The molecule has 4 aromatic rings. The molecular weight excluding hydrogens is 274 g/mol. The first-order chi connectivity index (χ1) is 10.7. The van der Waals surface area contributed by atoms with Crippen LogP contribution in [0.3, 0.4) is 0 Å². The summed E-state index contributed by atoms with van der Waals surface area (Å²) < 4.78 is 5.94. The molecule has 3 nitrogen and oxygen atoms in total. The van der Waals surface area contributed by atoms with Crippen molar-refractivity contribution in [1.82, 2.24) is 4.98 Å². The first kappa shape index (κ1) is 12.8. The van der Waals surface area contributed by atoms with Crippen LogP contribution in [0.1, 0.15) is 5.56 Å². The molecule has 0 aliphatic heterocycles. The quantitative estimate of drug-likeness (QED) is 0.490. The van der Waals surface area contributed by atoms with Crippen molar-refractivity contribution in [2.24, 2.45) is 0 Å². The van der Waals surface area contributed by atoms with E-state index in [1.807, 2.05) is 55.5 Å². The molecule has 0 atom stereocenters. The third-order valence-corrected chi connectivity index (χ3v) is 3.77. The lowest BCUT2D eigenvalue weighted by Crippen LogP contribution is -2.04. The van der Waals surface area contributed by atoms with Crippen molar-refractivity contribution in [1.29, 1.82) is 0 Å². The molecule has 2 aromatic carbocycles. The second kappa shape index (κ2) is 4.81. The van der Waals surface area contributed by atoms with Crippen LogP contribution >= 0.6 is 0 Å². The molecule has 0 fully saturated rings. The highest BCUT2D eigenvalue weighted by molar-refractivity contribution is 5.98. The maximum atomic E-state index is 12.9. The monoisotopic (exact) mass is 287 g/mol. The minimum atomic E-state index is -0.0162. The minimum absolute atomic E-state index is 0.0162. The molecule has 22 heavy (non-hydrogen) atoms. The number of benzene rings is 2. The predicted octanol–water partition coefficient (Wildman–Crippen LogP) is 4.32. The first-order valence-electron chi connectivity index (χ1n) is 7.11. The molecule has 0 saturated heterocycles. The smallest absolute Gasteiger partial charge is 0.201 e. The Morgan fingerprint density at radius 3 is 2.59 bits per heavy atom. The highest BCUT2D eigenvalue weighted by Crippen LogP contribution is 2.28. The number of fused-ring (bicyclic) bond motifs is 2. The Morgan fingerprint density at radius 1 is 0.955 bits per heavy atom. The van der Waals surface area contributed by atoms with E-state index in [2.05, 4.69) is 4.98 Å². The van der Waals surface area contributed by atoms with E-state index in [0.29, 0.717) is 21.9 Å². The SMILES string of the molecule is Cc1cc(-c2ccccn2)c2c(=O)c3ccccc3oc2c1. The molecule has 2 heterocycles. The third kappa shape index (κ3) is 1.91. The number of hydrogen-bond acceptors (Lipinski definition) is 3. The predicted molar refractivity (Wildman–Crippen MR) is 88.0 cm³/mol. The summed E-state index contributed by atoms with van der Waals surface area (Å²) in [5.74, 6) is 0. The van der Waals surface area contributed by atoms with Crippen LogP contribution < -0.4 is 5.43 Å². The molecule has 0 saturated carbocycles. The van der Waals surface area contributed by atoms with Gasteiger partial charge in [-0.25, -0.2) is 0 Å². The van der Waals surface area contributed by atoms with Crippen molar-refractivity contribution in [2.75, 3.05) is 0 Å². The average molecular weight is 287 g/mol. The van der Waals surface area contributed by atoms with E-state index in [0.717, 1.165) is 16.8 Å². The average Bonchev–Trinajstić information content (AvgIpc) is 2.55. The Morgan fingerprint density at radius 2 is 1.77 bits per heavy atom. The second-order valence-corrected chi connectivity index (χ2v) is 5.33. The number of aromatic nitrogens is 1. The molecule has 0 aliphatic rings. The van der Waals surface area contributed by atoms with Crippen LogP contribution in [0.5, 0.6) is 0 Å². The van der Waals surface area contributed by atoms with Crippen LogP contribution in [0.15, 0.2) is 70.0 Å². The largest absolute Gasteiger partial charge is 0.456 e. The molecule has 0 aliphatic carbocycles.